The van der Waals surface area contributed by atoms with Gasteiger partial charge in [0.05, 0.1) is 17.0 Å². The van der Waals surface area contributed by atoms with Gasteiger partial charge in [0.2, 0.25) is 5.91 Å². The molecule has 0 aliphatic rings. The Morgan fingerprint density at radius 2 is 1.81 bits per heavy atom. The molecule has 1 N–H and O–H groups in total. The zero-order chi connectivity index (χ0) is 20.4. The van der Waals surface area contributed by atoms with Gasteiger partial charge in [-0.2, -0.15) is 0 Å². The molecule has 0 atom stereocenters. The Hall–Kier alpha value is -1.57. The third-order valence-electron chi connectivity index (χ3n) is 4.21. The van der Waals surface area contributed by atoms with Crippen LogP contribution in [0.5, 0.6) is 0 Å². The van der Waals surface area contributed by atoms with Gasteiger partial charge in [0.25, 0.3) is 10.0 Å². The Bertz CT molecular complexity index is 913. The first-order valence-corrected chi connectivity index (χ1v) is 11.4. The number of carbonyl (C=O) groups excluding carboxylic acids is 1. The van der Waals surface area contributed by atoms with E-state index in [1.807, 2.05) is 27.7 Å². The minimum atomic E-state index is -3.80. The predicted molar refractivity (Wildman–Crippen MR) is 112 cm³/mol. The highest BCUT2D eigenvalue weighted by molar-refractivity contribution is 7.92. The van der Waals surface area contributed by atoms with Crippen molar-refractivity contribution in [2.24, 2.45) is 0 Å². The highest BCUT2D eigenvalue weighted by Gasteiger charge is 2.24. The van der Waals surface area contributed by atoms with Crippen LogP contribution in [0.4, 0.5) is 5.69 Å². The number of anilines is 1. The molecular weight excluding hydrogens is 404 g/mol. The second-order valence-corrected chi connectivity index (χ2v) is 9.95. The molecule has 0 aliphatic heterocycles. The molecule has 2 aromatic rings. The van der Waals surface area contributed by atoms with Crippen LogP contribution in [0.2, 0.25) is 5.02 Å². The van der Waals surface area contributed by atoms with Crippen molar-refractivity contribution in [2.75, 3.05) is 4.72 Å². The Morgan fingerprint density at radius 3 is 2.41 bits per heavy atom. The maximum Gasteiger partial charge on any atom is 0.262 e. The van der Waals surface area contributed by atoms with E-state index in [-0.39, 0.29) is 29.3 Å². The van der Waals surface area contributed by atoms with Gasteiger partial charge in [0, 0.05) is 22.0 Å². The molecule has 0 aliphatic carbocycles. The molecule has 0 unspecified atom stereocenters. The van der Waals surface area contributed by atoms with Crippen molar-refractivity contribution in [2.45, 2.75) is 58.0 Å². The van der Waals surface area contributed by atoms with E-state index >= 15 is 0 Å². The van der Waals surface area contributed by atoms with E-state index in [1.165, 1.54) is 17.4 Å². The molecule has 5 nitrogen and oxygen atoms in total. The van der Waals surface area contributed by atoms with Crippen molar-refractivity contribution < 1.29 is 13.2 Å². The highest BCUT2D eigenvalue weighted by atomic mass is 35.5. The number of benzene rings is 1. The molecule has 148 valence electrons. The van der Waals surface area contributed by atoms with Crippen LogP contribution in [-0.4, -0.2) is 31.3 Å². The Balaban J connectivity index is 2.27. The van der Waals surface area contributed by atoms with Gasteiger partial charge in [-0.3, -0.25) is 9.52 Å². The fourth-order valence-electron chi connectivity index (χ4n) is 3.05. The third kappa shape index (κ3) is 5.03. The van der Waals surface area contributed by atoms with Crippen molar-refractivity contribution in [1.29, 1.82) is 0 Å². The largest absolute Gasteiger partial charge is 0.338 e. The van der Waals surface area contributed by atoms with Crippen LogP contribution in [0.15, 0.2) is 34.5 Å². The van der Waals surface area contributed by atoms with Crippen molar-refractivity contribution in [3.63, 3.8) is 0 Å². The highest BCUT2D eigenvalue weighted by Crippen LogP contribution is 2.29. The number of halogens is 1. The first-order chi connectivity index (χ1) is 12.5. The maximum atomic E-state index is 12.8. The van der Waals surface area contributed by atoms with Crippen LogP contribution in [0.1, 0.15) is 38.1 Å². The van der Waals surface area contributed by atoms with Gasteiger partial charge in [0.1, 0.15) is 0 Å². The topological polar surface area (TPSA) is 66.5 Å². The monoisotopic (exact) mass is 428 g/mol. The number of hydrogen-bond donors (Lipinski definition) is 1. The lowest BCUT2D eigenvalue weighted by atomic mass is 10.2. The number of thiophene rings is 1. The molecule has 1 heterocycles. The lowest BCUT2D eigenvalue weighted by Gasteiger charge is -2.30. The number of amides is 1. The van der Waals surface area contributed by atoms with Crippen LogP contribution in [-0.2, 0) is 21.2 Å². The standard InChI is InChI=1S/C19H25ClN2O3S2/c1-12(2)22(13(3)4)19(23)11-17-16(9-10-26-17)21-27(24,25)18-8-6-7-15(20)14(18)5/h6-10,12-13,21H,11H2,1-5H3. The average molecular weight is 429 g/mol. The van der Waals surface area contributed by atoms with Gasteiger partial charge in [-0.05, 0) is 63.8 Å². The average Bonchev–Trinajstić information content (AvgIpc) is 2.95. The number of nitrogens with zero attached hydrogens (tertiary/aromatic N) is 1. The van der Waals surface area contributed by atoms with E-state index in [4.69, 9.17) is 11.6 Å². The fourth-order valence-corrected chi connectivity index (χ4v) is 5.53. The summed E-state index contributed by atoms with van der Waals surface area (Å²) < 4.78 is 28.2. The molecule has 1 amide bonds. The molecule has 0 fully saturated rings. The van der Waals surface area contributed by atoms with Crippen molar-refractivity contribution in [1.82, 2.24) is 4.90 Å². The first kappa shape index (κ1) is 21.7. The van der Waals surface area contributed by atoms with Crippen molar-refractivity contribution in [3.8, 4) is 0 Å². The van der Waals surface area contributed by atoms with Crippen molar-refractivity contribution in [3.05, 3.63) is 45.1 Å². The fraction of sp³-hybridized carbons (Fsp3) is 0.421. The molecule has 1 aromatic carbocycles. The summed E-state index contributed by atoms with van der Waals surface area (Å²) in [5, 5.41) is 2.17. The molecule has 0 saturated carbocycles. The molecule has 1 aromatic heterocycles. The zero-order valence-electron chi connectivity index (χ0n) is 16.1. The number of hydrogen-bond acceptors (Lipinski definition) is 4. The van der Waals surface area contributed by atoms with Gasteiger partial charge >= 0.3 is 0 Å². The first-order valence-electron chi connectivity index (χ1n) is 8.70. The van der Waals surface area contributed by atoms with Crippen LogP contribution in [0.3, 0.4) is 0 Å². The predicted octanol–water partition coefficient (Wildman–Crippen LogP) is 4.70. The van der Waals surface area contributed by atoms with E-state index in [9.17, 15) is 13.2 Å². The Morgan fingerprint density at radius 1 is 1.19 bits per heavy atom. The third-order valence-corrected chi connectivity index (χ3v) is 7.05. The molecule has 0 saturated heterocycles. The minimum absolute atomic E-state index is 0.0261. The maximum absolute atomic E-state index is 12.8. The number of rotatable bonds is 7. The summed E-state index contributed by atoms with van der Waals surface area (Å²) >= 11 is 7.42. The van der Waals surface area contributed by atoms with Gasteiger partial charge in [-0.25, -0.2) is 8.42 Å². The molecule has 0 radical (unpaired) electrons. The summed E-state index contributed by atoms with van der Waals surface area (Å²) in [6.45, 7) is 9.55. The van der Waals surface area contributed by atoms with Gasteiger partial charge in [-0.1, -0.05) is 17.7 Å². The van der Waals surface area contributed by atoms with Crippen LogP contribution < -0.4 is 4.72 Å². The van der Waals surface area contributed by atoms with E-state index in [0.29, 0.717) is 21.2 Å². The quantitative estimate of drug-likeness (QED) is 0.695. The summed E-state index contributed by atoms with van der Waals surface area (Å²) in [6, 6.07) is 6.60. The second-order valence-electron chi connectivity index (χ2n) is 6.89. The van der Waals surface area contributed by atoms with Gasteiger partial charge in [-0.15, -0.1) is 11.3 Å². The lowest BCUT2D eigenvalue weighted by molar-refractivity contribution is -0.133. The van der Waals surface area contributed by atoms with Gasteiger partial charge < -0.3 is 4.90 Å². The van der Waals surface area contributed by atoms with E-state index < -0.39 is 10.0 Å². The van der Waals surface area contributed by atoms with Crippen LogP contribution >= 0.6 is 22.9 Å². The van der Waals surface area contributed by atoms with E-state index in [2.05, 4.69) is 4.72 Å². The van der Waals surface area contributed by atoms with Crippen LogP contribution in [0.25, 0.3) is 0 Å². The van der Waals surface area contributed by atoms with Gasteiger partial charge in [0.15, 0.2) is 0 Å². The van der Waals surface area contributed by atoms with Crippen molar-refractivity contribution >= 4 is 44.6 Å². The Kier molecular flexibility index (Phi) is 6.94. The smallest absolute Gasteiger partial charge is 0.262 e. The summed E-state index contributed by atoms with van der Waals surface area (Å²) in [5.74, 6) is -0.0261. The molecule has 8 heteroatoms. The summed E-state index contributed by atoms with van der Waals surface area (Å²) in [5.41, 5.74) is 0.922. The van der Waals surface area contributed by atoms with E-state index in [0.717, 1.165) is 0 Å². The summed E-state index contributed by atoms with van der Waals surface area (Å²) in [4.78, 5) is 15.3. The molecule has 0 bridgehead atoms. The molecule has 2 rings (SSSR count). The number of carbonyl (C=O) groups is 1. The Labute approximate surface area is 170 Å². The van der Waals surface area contributed by atoms with Crippen LogP contribution in [0, 0.1) is 6.92 Å². The molecule has 27 heavy (non-hydrogen) atoms. The number of sulfonamides is 1. The SMILES string of the molecule is Cc1c(Cl)cccc1S(=O)(=O)Nc1ccsc1CC(=O)N(C(C)C)C(C)C. The van der Waals surface area contributed by atoms with E-state index in [1.54, 1.807) is 35.4 Å². The normalized spacial score (nSPS) is 11.9. The second kappa shape index (κ2) is 8.63. The lowest BCUT2D eigenvalue weighted by Crippen LogP contribution is -2.42. The summed E-state index contributed by atoms with van der Waals surface area (Å²) in [7, 11) is -3.80. The molecule has 0 spiro atoms. The minimum Gasteiger partial charge on any atom is -0.338 e. The number of nitrogens with one attached hydrogen (secondary N) is 1. The zero-order valence-corrected chi connectivity index (χ0v) is 18.5. The summed E-state index contributed by atoms with van der Waals surface area (Å²) in [6.07, 6.45) is 0.153. The molecular formula is C19H25ClN2O3S2.